The zero-order chi connectivity index (χ0) is 13.0. The van der Waals surface area contributed by atoms with Crippen LogP contribution in [0.25, 0.3) is 0 Å². The zero-order valence-electron chi connectivity index (χ0n) is 11.2. The first-order valence-electron chi connectivity index (χ1n) is 6.64. The molecule has 0 spiro atoms. The smallest absolute Gasteiger partial charge is 0.0471 e. The van der Waals surface area contributed by atoms with Crippen molar-refractivity contribution < 1.29 is 4.74 Å². The van der Waals surface area contributed by atoms with Crippen LogP contribution in [0, 0.1) is 5.41 Å². The minimum absolute atomic E-state index is 0.382. The Morgan fingerprint density at radius 1 is 1.44 bits per heavy atom. The SMILES string of the molecule is CC(C)NCC1(Cc2cc(Br)cs2)CCOCC1. The number of hydrogen-bond acceptors (Lipinski definition) is 3. The molecule has 4 heteroatoms. The van der Waals surface area contributed by atoms with Crippen molar-refractivity contribution in [2.24, 2.45) is 5.41 Å². The Morgan fingerprint density at radius 2 is 2.17 bits per heavy atom. The Labute approximate surface area is 122 Å². The predicted molar refractivity (Wildman–Crippen MR) is 81.3 cm³/mol. The molecule has 1 aromatic rings. The van der Waals surface area contributed by atoms with Gasteiger partial charge in [0.15, 0.2) is 0 Å². The fourth-order valence-electron chi connectivity index (χ4n) is 2.46. The van der Waals surface area contributed by atoms with E-state index in [1.54, 1.807) is 0 Å². The summed E-state index contributed by atoms with van der Waals surface area (Å²) >= 11 is 5.41. The lowest BCUT2D eigenvalue weighted by molar-refractivity contribution is 0.0144. The molecule has 1 fully saturated rings. The molecule has 0 aliphatic carbocycles. The highest BCUT2D eigenvalue weighted by atomic mass is 79.9. The van der Waals surface area contributed by atoms with E-state index in [-0.39, 0.29) is 0 Å². The summed E-state index contributed by atoms with van der Waals surface area (Å²) in [5.41, 5.74) is 0.382. The number of halogens is 1. The van der Waals surface area contributed by atoms with Gasteiger partial charge in [-0.2, -0.15) is 0 Å². The van der Waals surface area contributed by atoms with E-state index in [2.05, 4.69) is 46.5 Å². The van der Waals surface area contributed by atoms with Crippen molar-refractivity contribution in [1.82, 2.24) is 5.32 Å². The third-order valence-electron chi connectivity index (χ3n) is 3.61. The maximum absolute atomic E-state index is 5.54. The number of rotatable bonds is 5. The molecular weight excluding hydrogens is 310 g/mol. The van der Waals surface area contributed by atoms with Gasteiger partial charge in [0.2, 0.25) is 0 Å². The lowest BCUT2D eigenvalue weighted by Gasteiger charge is -2.38. The standard InChI is InChI=1S/C14H22BrNOS/c1-11(2)16-10-14(3-5-17-6-4-14)8-13-7-12(15)9-18-13/h7,9,11,16H,3-6,8,10H2,1-2H3. The van der Waals surface area contributed by atoms with E-state index < -0.39 is 0 Å². The monoisotopic (exact) mass is 331 g/mol. The second-order valence-electron chi connectivity index (χ2n) is 5.56. The van der Waals surface area contributed by atoms with Gasteiger partial charge in [-0.25, -0.2) is 0 Å². The molecule has 1 aliphatic heterocycles. The molecule has 2 heterocycles. The van der Waals surface area contributed by atoms with Gasteiger partial charge in [-0.1, -0.05) is 13.8 Å². The van der Waals surface area contributed by atoms with Crippen LogP contribution in [0.2, 0.25) is 0 Å². The van der Waals surface area contributed by atoms with E-state index in [4.69, 9.17) is 4.74 Å². The van der Waals surface area contributed by atoms with Crippen LogP contribution in [-0.2, 0) is 11.2 Å². The highest BCUT2D eigenvalue weighted by molar-refractivity contribution is 9.10. The van der Waals surface area contributed by atoms with Crippen LogP contribution in [0.1, 0.15) is 31.6 Å². The summed E-state index contributed by atoms with van der Waals surface area (Å²) in [6.45, 7) is 7.35. The van der Waals surface area contributed by atoms with Crippen molar-refractivity contribution >= 4 is 27.3 Å². The van der Waals surface area contributed by atoms with E-state index >= 15 is 0 Å². The van der Waals surface area contributed by atoms with Gasteiger partial charge in [0.25, 0.3) is 0 Å². The lowest BCUT2D eigenvalue weighted by atomic mass is 9.76. The third-order valence-corrected chi connectivity index (χ3v) is 5.31. The van der Waals surface area contributed by atoms with Crippen LogP contribution in [0.4, 0.5) is 0 Å². The van der Waals surface area contributed by atoms with Crippen LogP contribution in [0.15, 0.2) is 15.9 Å². The average molecular weight is 332 g/mol. The molecule has 1 aliphatic rings. The first kappa shape index (κ1) is 14.5. The van der Waals surface area contributed by atoms with E-state index in [1.807, 2.05) is 11.3 Å². The summed E-state index contributed by atoms with van der Waals surface area (Å²) in [6, 6.07) is 2.82. The van der Waals surface area contributed by atoms with Crippen LogP contribution in [0.5, 0.6) is 0 Å². The lowest BCUT2D eigenvalue weighted by Crippen LogP contribution is -2.42. The Bertz CT molecular complexity index is 372. The number of ether oxygens (including phenoxy) is 1. The van der Waals surface area contributed by atoms with Crippen molar-refractivity contribution in [2.75, 3.05) is 19.8 Å². The second-order valence-corrected chi connectivity index (χ2v) is 7.47. The quantitative estimate of drug-likeness (QED) is 0.884. The molecule has 0 aromatic carbocycles. The summed E-state index contributed by atoms with van der Waals surface area (Å²) in [4.78, 5) is 1.48. The fourth-order valence-corrected chi connectivity index (χ4v) is 4.08. The van der Waals surface area contributed by atoms with Crippen LogP contribution < -0.4 is 5.32 Å². The van der Waals surface area contributed by atoms with E-state index in [1.165, 1.54) is 28.6 Å². The van der Waals surface area contributed by atoms with Crippen molar-refractivity contribution in [2.45, 2.75) is 39.2 Å². The molecular formula is C14H22BrNOS. The molecule has 1 N–H and O–H groups in total. The Balaban J connectivity index is 2.03. The first-order chi connectivity index (χ1) is 8.60. The molecule has 18 heavy (non-hydrogen) atoms. The van der Waals surface area contributed by atoms with Crippen molar-refractivity contribution in [3.63, 3.8) is 0 Å². The van der Waals surface area contributed by atoms with E-state index in [0.717, 1.165) is 19.8 Å². The molecule has 0 unspecified atom stereocenters. The number of thiophene rings is 1. The molecule has 0 bridgehead atoms. The number of hydrogen-bond donors (Lipinski definition) is 1. The summed E-state index contributed by atoms with van der Waals surface area (Å²) in [7, 11) is 0. The molecule has 0 saturated carbocycles. The predicted octanol–water partition coefficient (Wildman–Crippen LogP) is 3.85. The maximum Gasteiger partial charge on any atom is 0.0471 e. The highest BCUT2D eigenvalue weighted by Gasteiger charge is 2.33. The van der Waals surface area contributed by atoms with Gasteiger partial charge in [-0.3, -0.25) is 0 Å². The molecule has 1 saturated heterocycles. The van der Waals surface area contributed by atoms with Gasteiger partial charge in [-0.15, -0.1) is 11.3 Å². The van der Waals surface area contributed by atoms with Crippen molar-refractivity contribution in [3.05, 3.63) is 20.8 Å². The third kappa shape index (κ3) is 4.05. The van der Waals surface area contributed by atoms with Crippen molar-refractivity contribution in [3.8, 4) is 0 Å². The van der Waals surface area contributed by atoms with Crippen LogP contribution >= 0.6 is 27.3 Å². The summed E-state index contributed by atoms with van der Waals surface area (Å²) < 4.78 is 6.75. The molecule has 2 nitrogen and oxygen atoms in total. The minimum atomic E-state index is 0.382. The Kier molecular flexibility index (Phi) is 5.24. The van der Waals surface area contributed by atoms with Gasteiger partial charge in [-0.05, 0) is 46.7 Å². The molecule has 0 radical (unpaired) electrons. The molecule has 2 rings (SSSR count). The Hall–Kier alpha value is 0.1000. The van der Waals surface area contributed by atoms with Gasteiger partial charge < -0.3 is 10.1 Å². The van der Waals surface area contributed by atoms with Crippen LogP contribution in [-0.4, -0.2) is 25.8 Å². The van der Waals surface area contributed by atoms with E-state index in [0.29, 0.717) is 11.5 Å². The van der Waals surface area contributed by atoms with Gasteiger partial charge in [0.1, 0.15) is 0 Å². The van der Waals surface area contributed by atoms with Gasteiger partial charge in [0, 0.05) is 40.5 Å². The minimum Gasteiger partial charge on any atom is -0.381 e. The average Bonchev–Trinajstić information content (AvgIpc) is 2.73. The summed E-state index contributed by atoms with van der Waals surface area (Å²) in [6.07, 6.45) is 3.51. The van der Waals surface area contributed by atoms with Gasteiger partial charge >= 0.3 is 0 Å². The maximum atomic E-state index is 5.54. The van der Waals surface area contributed by atoms with Crippen molar-refractivity contribution in [1.29, 1.82) is 0 Å². The summed E-state index contributed by atoms with van der Waals surface area (Å²) in [5, 5.41) is 5.80. The molecule has 0 amide bonds. The second kappa shape index (κ2) is 6.51. The highest BCUT2D eigenvalue weighted by Crippen LogP contribution is 2.36. The largest absolute Gasteiger partial charge is 0.381 e. The Morgan fingerprint density at radius 3 is 2.72 bits per heavy atom. The molecule has 102 valence electrons. The van der Waals surface area contributed by atoms with Gasteiger partial charge in [0.05, 0.1) is 0 Å². The van der Waals surface area contributed by atoms with E-state index in [9.17, 15) is 0 Å². The first-order valence-corrected chi connectivity index (χ1v) is 8.31. The summed E-state index contributed by atoms with van der Waals surface area (Å²) in [5.74, 6) is 0. The fraction of sp³-hybridized carbons (Fsp3) is 0.714. The topological polar surface area (TPSA) is 21.3 Å². The normalized spacial score (nSPS) is 19.3. The molecule has 0 atom stereocenters. The van der Waals surface area contributed by atoms with Crippen LogP contribution in [0.3, 0.4) is 0 Å². The number of nitrogens with one attached hydrogen (secondary N) is 1. The molecule has 1 aromatic heterocycles. The zero-order valence-corrected chi connectivity index (χ0v) is 13.6.